The third-order valence-corrected chi connectivity index (χ3v) is 7.80. The molecule has 0 aliphatic heterocycles. The molecule has 1 heterocycles. The van der Waals surface area contributed by atoms with Gasteiger partial charge in [-0.15, -0.1) is 10.2 Å². The van der Waals surface area contributed by atoms with Crippen LogP contribution in [0.1, 0.15) is 18.1 Å². The maximum Gasteiger partial charge on any atom is 0.250 e. The van der Waals surface area contributed by atoms with Crippen molar-refractivity contribution in [1.82, 2.24) is 15.6 Å². The third-order valence-electron chi connectivity index (χ3n) is 4.56. The fraction of sp³-hybridized carbons (Fsp3) is 0.130. The number of hydrogen-bond acceptors (Lipinski definition) is 8. The highest BCUT2D eigenvalue weighted by atomic mass is 32.2. The molecule has 3 aromatic carbocycles. The van der Waals surface area contributed by atoms with Crippen LogP contribution in [0.4, 0.5) is 0 Å². The van der Waals surface area contributed by atoms with E-state index in [0.29, 0.717) is 5.71 Å². The van der Waals surface area contributed by atoms with Crippen LogP contribution in [0.2, 0.25) is 0 Å². The number of carbonyl (C=O) groups is 1. The highest BCUT2D eigenvalue weighted by molar-refractivity contribution is 8.03. The Hall–Kier alpha value is -2.88. The average Bonchev–Trinajstić information content (AvgIpc) is 3.27. The van der Waals surface area contributed by atoms with Crippen molar-refractivity contribution < 1.29 is 9.90 Å². The molecular formula is C23H20N4O2S3. The molecule has 0 aliphatic carbocycles. The number of hydrazone groups is 1. The van der Waals surface area contributed by atoms with Gasteiger partial charge in [0.1, 0.15) is 5.75 Å². The lowest BCUT2D eigenvalue weighted by Crippen LogP contribution is -2.21. The number of thioether (sulfide) groups is 2. The molecule has 0 saturated heterocycles. The van der Waals surface area contributed by atoms with E-state index in [1.54, 1.807) is 36.9 Å². The van der Waals surface area contributed by atoms with E-state index in [1.165, 1.54) is 39.4 Å². The number of fused-ring (bicyclic) bond motifs is 1. The monoisotopic (exact) mass is 480 g/mol. The Labute approximate surface area is 198 Å². The van der Waals surface area contributed by atoms with Gasteiger partial charge in [-0.05, 0) is 35.4 Å². The van der Waals surface area contributed by atoms with Crippen molar-refractivity contribution in [2.75, 3.05) is 5.75 Å². The molecule has 4 aromatic rings. The number of rotatable bonds is 8. The van der Waals surface area contributed by atoms with Gasteiger partial charge < -0.3 is 5.11 Å². The largest absolute Gasteiger partial charge is 0.508 e. The van der Waals surface area contributed by atoms with E-state index >= 15 is 0 Å². The van der Waals surface area contributed by atoms with Gasteiger partial charge in [-0.2, -0.15) is 5.10 Å². The molecule has 0 atom stereocenters. The predicted octanol–water partition coefficient (Wildman–Crippen LogP) is 5.32. The summed E-state index contributed by atoms with van der Waals surface area (Å²) in [5.41, 5.74) is 5.16. The third kappa shape index (κ3) is 5.87. The number of phenols is 1. The Morgan fingerprint density at radius 2 is 1.78 bits per heavy atom. The summed E-state index contributed by atoms with van der Waals surface area (Å²) in [4.78, 5) is 12.1. The topological polar surface area (TPSA) is 87.5 Å². The summed E-state index contributed by atoms with van der Waals surface area (Å²) in [6, 6.07) is 21.4. The zero-order chi connectivity index (χ0) is 22.3. The Kier molecular flexibility index (Phi) is 7.41. The van der Waals surface area contributed by atoms with E-state index in [0.717, 1.165) is 20.0 Å². The van der Waals surface area contributed by atoms with Crippen LogP contribution in [-0.4, -0.2) is 32.7 Å². The molecule has 6 nitrogen and oxygen atoms in total. The highest BCUT2D eigenvalue weighted by Crippen LogP contribution is 2.32. The van der Waals surface area contributed by atoms with E-state index in [-0.39, 0.29) is 17.4 Å². The van der Waals surface area contributed by atoms with E-state index < -0.39 is 0 Å². The molecule has 32 heavy (non-hydrogen) atoms. The molecule has 2 N–H and O–H groups in total. The van der Waals surface area contributed by atoms with Gasteiger partial charge >= 0.3 is 0 Å². The Balaban J connectivity index is 1.28. The molecule has 0 radical (unpaired) electrons. The van der Waals surface area contributed by atoms with Crippen LogP contribution in [0.5, 0.6) is 5.75 Å². The maximum atomic E-state index is 12.1. The molecule has 4 rings (SSSR count). The van der Waals surface area contributed by atoms with E-state index in [2.05, 4.69) is 57.1 Å². The van der Waals surface area contributed by atoms with E-state index in [9.17, 15) is 9.90 Å². The molecular weight excluding hydrogens is 460 g/mol. The Morgan fingerprint density at radius 3 is 2.62 bits per heavy atom. The van der Waals surface area contributed by atoms with Crippen molar-refractivity contribution in [2.45, 2.75) is 21.4 Å². The van der Waals surface area contributed by atoms with Crippen molar-refractivity contribution in [3.05, 3.63) is 77.9 Å². The Bertz CT molecular complexity index is 1270. The number of carbonyl (C=O) groups excluding carboxylic acids is 1. The van der Waals surface area contributed by atoms with E-state index in [4.69, 9.17) is 0 Å². The summed E-state index contributed by atoms with van der Waals surface area (Å²) >= 11 is 4.46. The second-order valence-electron chi connectivity index (χ2n) is 6.83. The van der Waals surface area contributed by atoms with Gasteiger partial charge in [-0.25, -0.2) is 5.43 Å². The molecule has 0 aliphatic rings. The van der Waals surface area contributed by atoms with Crippen molar-refractivity contribution in [2.24, 2.45) is 5.10 Å². The fourth-order valence-corrected chi connectivity index (χ4v) is 5.79. The van der Waals surface area contributed by atoms with Gasteiger partial charge in [0.05, 0.1) is 11.5 Å². The standard InChI is InChI=1S/C23H20N4O2S3/c1-15(17-8-5-10-19(28)12-17)24-25-21(29)14-31-23-27-26-22(32-23)30-13-18-9-4-7-16-6-2-3-11-20(16)18/h2-12,28H,13-14H2,1H3,(H,25,29). The summed E-state index contributed by atoms with van der Waals surface area (Å²) in [5, 5.41) is 24.5. The molecule has 0 unspecified atom stereocenters. The first-order valence-corrected chi connectivity index (χ1v) is 12.6. The number of aromatic hydroxyl groups is 1. The number of hydrogen-bond donors (Lipinski definition) is 2. The molecule has 0 bridgehead atoms. The molecule has 1 amide bonds. The number of benzene rings is 3. The van der Waals surface area contributed by atoms with Gasteiger partial charge in [0.25, 0.3) is 5.91 Å². The van der Waals surface area contributed by atoms with E-state index in [1.807, 2.05) is 12.1 Å². The molecule has 162 valence electrons. The van der Waals surface area contributed by atoms with Gasteiger partial charge in [0.2, 0.25) is 0 Å². The number of nitrogens with one attached hydrogen (secondary N) is 1. The summed E-state index contributed by atoms with van der Waals surface area (Å²) in [5.74, 6) is 0.933. The normalized spacial score (nSPS) is 11.6. The first-order chi connectivity index (χ1) is 15.6. The van der Waals surface area contributed by atoms with Crippen molar-refractivity contribution >= 4 is 57.3 Å². The maximum absolute atomic E-state index is 12.1. The predicted molar refractivity (Wildman–Crippen MR) is 133 cm³/mol. The second-order valence-corrected chi connectivity index (χ2v) is 10.3. The molecule has 9 heteroatoms. The average molecular weight is 481 g/mol. The van der Waals surface area contributed by atoms with Gasteiger partial charge in [-0.1, -0.05) is 89.5 Å². The fourth-order valence-electron chi connectivity index (χ4n) is 2.97. The number of aromatic nitrogens is 2. The van der Waals surface area contributed by atoms with Gasteiger partial charge in [0, 0.05) is 11.3 Å². The molecule has 0 saturated carbocycles. The van der Waals surface area contributed by atoms with Crippen LogP contribution in [0.15, 0.2) is 80.5 Å². The number of nitrogens with zero attached hydrogens (tertiary/aromatic N) is 3. The lowest BCUT2D eigenvalue weighted by molar-refractivity contribution is -0.118. The minimum atomic E-state index is -0.227. The van der Waals surface area contributed by atoms with Crippen molar-refractivity contribution in [1.29, 1.82) is 0 Å². The van der Waals surface area contributed by atoms with Crippen LogP contribution in [-0.2, 0) is 10.5 Å². The zero-order valence-electron chi connectivity index (χ0n) is 17.2. The SMILES string of the molecule is CC(=NNC(=O)CSc1nnc(SCc2cccc3ccccc23)s1)c1cccc(O)c1. The minimum Gasteiger partial charge on any atom is -0.508 e. The van der Waals surface area contributed by atoms with Crippen LogP contribution in [0.25, 0.3) is 10.8 Å². The quantitative estimate of drug-likeness (QED) is 0.202. The smallest absolute Gasteiger partial charge is 0.250 e. The number of phenolic OH excluding ortho intramolecular Hbond substituents is 1. The van der Waals surface area contributed by atoms with Crippen LogP contribution >= 0.6 is 34.9 Å². The van der Waals surface area contributed by atoms with Gasteiger partial charge in [-0.3, -0.25) is 4.79 Å². The summed E-state index contributed by atoms with van der Waals surface area (Å²) < 4.78 is 1.62. The van der Waals surface area contributed by atoms with Crippen LogP contribution in [0.3, 0.4) is 0 Å². The summed E-state index contributed by atoms with van der Waals surface area (Å²) in [6.07, 6.45) is 0. The van der Waals surface area contributed by atoms with Crippen LogP contribution < -0.4 is 5.43 Å². The first-order valence-electron chi connectivity index (χ1n) is 9.77. The van der Waals surface area contributed by atoms with Gasteiger partial charge in [0.15, 0.2) is 8.68 Å². The lowest BCUT2D eigenvalue weighted by atomic mass is 10.1. The second kappa shape index (κ2) is 10.6. The Morgan fingerprint density at radius 1 is 1.03 bits per heavy atom. The molecule has 1 aromatic heterocycles. The zero-order valence-corrected chi connectivity index (χ0v) is 19.6. The van der Waals surface area contributed by atoms with Crippen molar-refractivity contribution in [3.63, 3.8) is 0 Å². The highest BCUT2D eigenvalue weighted by Gasteiger charge is 2.10. The minimum absolute atomic E-state index is 0.157. The van der Waals surface area contributed by atoms with Crippen molar-refractivity contribution in [3.8, 4) is 5.75 Å². The number of amides is 1. The molecule has 0 spiro atoms. The lowest BCUT2D eigenvalue weighted by Gasteiger charge is -2.04. The van der Waals surface area contributed by atoms with Crippen LogP contribution in [0, 0.1) is 0 Å². The summed E-state index contributed by atoms with van der Waals surface area (Å²) in [7, 11) is 0. The summed E-state index contributed by atoms with van der Waals surface area (Å²) in [6.45, 7) is 1.77. The first kappa shape index (κ1) is 22.3. The molecule has 0 fully saturated rings.